The second-order valence-electron chi connectivity index (χ2n) is 6.73. The van der Waals surface area contributed by atoms with Crippen LogP contribution in [0.4, 0.5) is 0 Å². The molecule has 0 radical (unpaired) electrons. The molecule has 0 spiro atoms. The molecule has 1 atom stereocenters. The van der Waals surface area contributed by atoms with Gasteiger partial charge in [-0.05, 0) is 37.6 Å². The third-order valence-electron chi connectivity index (χ3n) is 4.19. The molecule has 0 fully saturated rings. The van der Waals surface area contributed by atoms with Gasteiger partial charge in [-0.2, -0.15) is 4.98 Å². The van der Waals surface area contributed by atoms with Gasteiger partial charge in [-0.15, -0.1) is 0 Å². The summed E-state index contributed by atoms with van der Waals surface area (Å²) < 4.78 is 15.3. The molecule has 1 N–H and O–H groups in total. The van der Waals surface area contributed by atoms with Gasteiger partial charge in [0.05, 0.1) is 28.7 Å². The summed E-state index contributed by atoms with van der Waals surface area (Å²) in [4.78, 5) is 13.3. The monoisotopic (exact) mass is 386 g/mol. The van der Waals surface area contributed by atoms with Crippen molar-refractivity contribution in [2.24, 2.45) is 0 Å². The number of pyridine rings is 1. The Balaban J connectivity index is 1.67. The van der Waals surface area contributed by atoms with Crippen LogP contribution in [0, 0.1) is 0 Å². The Hall–Kier alpha value is -2.00. The van der Waals surface area contributed by atoms with Crippen LogP contribution in [-0.2, 0) is 23.3 Å². The molecule has 0 aliphatic rings. The highest BCUT2D eigenvalue weighted by Gasteiger charge is 2.18. The normalized spacial score (nSPS) is 13.6. The summed E-state index contributed by atoms with van der Waals surface area (Å²) in [6.07, 6.45) is 5.09. The molecule has 8 heteroatoms. The predicted octanol–water partition coefficient (Wildman–Crippen LogP) is 3.05. The maximum Gasteiger partial charge on any atom is 0.302 e. The fourth-order valence-electron chi connectivity index (χ4n) is 2.76. The first-order valence-electron chi connectivity index (χ1n) is 8.08. The zero-order valence-electron chi connectivity index (χ0n) is 14.6. The fraction of sp³-hybridized carbons (Fsp3) is 0.278. The van der Waals surface area contributed by atoms with Gasteiger partial charge < -0.3 is 14.2 Å². The zero-order chi connectivity index (χ0) is 18.5. The van der Waals surface area contributed by atoms with Crippen LogP contribution in [0.15, 0.2) is 41.1 Å². The number of hydrogen-bond donors (Lipinski definition) is 1. The van der Waals surface area contributed by atoms with Crippen LogP contribution in [0.25, 0.3) is 21.4 Å². The van der Waals surface area contributed by atoms with Gasteiger partial charge in [-0.25, -0.2) is 9.97 Å². The molecule has 3 heterocycles. The lowest BCUT2D eigenvalue weighted by atomic mass is 10.0. The lowest BCUT2D eigenvalue weighted by molar-refractivity contribution is 0.0784. The van der Waals surface area contributed by atoms with Gasteiger partial charge in [-0.3, -0.25) is 0 Å². The van der Waals surface area contributed by atoms with Crippen molar-refractivity contribution in [3.8, 4) is 0 Å². The van der Waals surface area contributed by atoms with Crippen LogP contribution < -0.4 is 0 Å². The third-order valence-corrected chi connectivity index (χ3v) is 6.54. The Morgan fingerprint density at radius 1 is 1.23 bits per heavy atom. The molecule has 1 aromatic carbocycles. The van der Waals surface area contributed by atoms with E-state index in [1.165, 1.54) is 11.3 Å². The molecule has 1 unspecified atom stereocenters. The number of aromatic nitrogens is 4. The van der Waals surface area contributed by atoms with Gasteiger partial charge in [0.2, 0.25) is 0 Å². The predicted molar refractivity (Wildman–Crippen MR) is 104 cm³/mol. The Kier molecular flexibility index (Phi) is 4.23. The molecular weight excluding hydrogens is 368 g/mol. The summed E-state index contributed by atoms with van der Waals surface area (Å²) in [6, 6.07) is 7.91. The average molecular weight is 387 g/mol. The molecule has 4 aromatic rings. The molecule has 6 nitrogen and oxygen atoms in total. The molecule has 4 rings (SSSR count). The maximum atomic E-state index is 11.6. The van der Waals surface area contributed by atoms with E-state index in [9.17, 15) is 9.66 Å². The second-order valence-corrected chi connectivity index (χ2v) is 9.32. The third kappa shape index (κ3) is 3.21. The minimum atomic E-state index is -1.07. The molecule has 0 saturated heterocycles. The second kappa shape index (κ2) is 6.31. The van der Waals surface area contributed by atoms with Crippen LogP contribution in [0.1, 0.15) is 25.0 Å². The van der Waals surface area contributed by atoms with Crippen LogP contribution in [0.3, 0.4) is 0 Å². The van der Waals surface area contributed by atoms with Crippen LogP contribution in [0.2, 0.25) is 0 Å². The molecule has 0 aliphatic heterocycles. The Morgan fingerprint density at radius 3 is 2.77 bits per heavy atom. The van der Waals surface area contributed by atoms with Gasteiger partial charge >= 0.3 is 4.34 Å². The van der Waals surface area contributed by atoms with Crippen molar-refractivity contribution in [2.75, 3.05) is 6.26 Å². The standard InChI is InChI=1S/C18H18N4O2S2/c1-18(2,23)12-7-14-16(19-8-12)22(10-20-14)9-11-4-5-13-15(6-11)25-17(21-13)26(3)24/h4-8,10,23H,9H2,1-3H3. The molecule has 0 amide bonds. The van der Waals surface area contributed by atoms with Gasteiger partial charge in [0.15, 0.2) is 5.65 Å². The number of fused-ring (bicyclic) bond motifs is 2. The molecule has 0 saturated carbocycles. The summed E-state index contributed by atoms with van der Waals surface area (Å²) in [5, 5.41) is 10.1. The molecule has 0 bridgehead atoms. The van der Waals surface area contributed by atoms with Crippen LogP contribution in [-0.4, -0.2) is 35.4 Å². The minimum absolute atomic E-state index is 0.629. The van der Waals surface area contributed by atoms with E-state index in [0.29, 0.717) is 10.9 Å². The number of imidazole rings is 1. The van der Waals surface area contributed by atoms with Gasteiger partial charge in [0.1, 0.15) is 11.8 Å². The van der Waals surface area contributed by atoms with Crippen LogP contribution >= 0.6 is 11.3 Å². The van der Waals surface area contributed by atoms with E-state index in [4.69, 9.17) is 0 Å². The largest absolute Gasteiger partial charge is 0.610 e. The highest BCUT2D eigenvalue weighted by Crippen LogP contribution is 2.27. The van der Waals surface area contributed by atoms with Crippen molar-refractivity contribution in [1.29, 1.82) is 0 Å². The number of hydrogen-bond acceptors (Lipinski definition) is 6. The lowest BCUT2D eigenvalue weighted by Crippen LogP contribution is -2.15. The summed E-state index contributed by atoms with van der Waals surface area (Å²) in [6.45, 7) is 4.09. The topological polar surface area (TPSA) is 86.9 Å². The number of aliphatic hydroxyl groups is 1. The fourth-order valence-corrected chi connectivity index (χ4v) is 4.49. The number of benzene rings is 1. The first-order valence-corrected chi connectivity index (χ1v) is 10.5. The molecule has 3 aromatic heterocycles. The van der Waals surface area contributed by atoms with E-state index < -0.39 is 16.8 Å². The maximum absolute atomic E-state index is 11.6. The highest BCUT2D eigenvalue weighted by molar-refractivity contribution is 7.92. The first kappa shape index (κ1) is 17.4. The van der Waals surface area contributed by atoms with Crippen molar-refractivity contribution in [3.05, 3.63) is 47.9 Å². The minimum Gasteiger partial charge on any atom is -0.610 e. The van der Waals surface area contributed by atoms with Crippen molar-refractivity contribution in [2.45, 2.75) is 30.3 Å². The van der Waals surface area contributed by atoms with E-state index >= 15 is 0 Å². The zero-order valence-corrected chi connectivity index (χ0v) is 16.3. The number of nitrogens with zero attached hydrogens (tertiary/aromatic N) is 4. The smallest absolute Gasteiger partial charge is 0.302 e. The van der Waals surface area contributed by atoms with E-state index in [1.54, 1.807) is 32.6 Å². The Bertz CT molecular complexity index is 1100. The Morgan fingerprint density at radius 2 is 2.04 bits per heavy atom. The van der Waals surface area contributed by atoms with Crippen molar-refractivity contribution in [3.63, 3.8) is 0 Å². The quantitative estimate of drug-likeness (QED) is 0.545. The van der Waals surface area contributed by atoms with E-state index in [2.05, 4.69) is 21.0 Å². The summed E-state index contributed by atoms with van der Waals surface area (Å²) in [5.41, 5.74) is 3.29. The SMILES string of the molecule is C[S+]([O-])c1nc2ccc(Cn3cnc4cc(C(C)(C)O)cnc43)cc2s1. The average Bonchev–Trinajstić information content (AvgIpc) is 3.17. The van der Waals surface area contributed by atoms with Gasteiger partial charge in [0.25, 0.3) is 0 Å². The summed E-state index contributed by atoms with van der Waals surface area (Å²) in [5.74, 6) is 0. The number of rotatable bonds is 4. The van der Waals surface area contributed by atoms with E-state index in [0.717, 1.165) is 32.5 Å². The van der Waals surface area contributed by atoms with E-state index in [-0.39, 0.29) is 0 Å². The van der Waals surface area contributed by atoms with Crippen molar-refractivity contribution < 1.29 is 9.66 Å². The Labute approximate surface area is 157 Å². The first-order chi connectivity index (χ1) is 12.3. The number of thiazole rings is 1. The molecular formula is C18H18N4O2S2. The van der Waals surface area contributed by atoms with Crippen molar-refractivity contribution in [1.82, 2.24) is 19.5 Å². The van der Waals surface area contributed by atoms with Gasteiger partial charge in [-0.1, -0.05) is 17.4 Å². The summed E-state index contributed by atoms with van der Waals surface area (Å²) >= 11 is 0.395. The lowest BCUT2D eigenvalue weighted by Gasteiger charge is -2.16. The molecule has 134 valence electrons. The van der Waals surface area contributed by atoms with E-state index in [1.807, 2.05) is 22.8 Å². The van der Waals surface area contributed by atoms with Gasteiger partial charge in [0, 0.05) is 22.9 Å². The summed E-state index contributed by atoms with van der Waals surface area (Å²) in [7, 11) is 0. The highest BCUT2D eigenvalue weighted by atomic mass is 32.2. The molecule has 0 aliphatic carbocycles. The molecule has 26 heavy (non-hydrogen) atoms. The van der Waals surface area contributed by atoms with Crippen molar-refractivity contribution >= 4 is 43.9 Å². The van der Waals surface area contributed by atoms with Crippen LogP contribution in [0.5, 0.6) is 0 Å².